The second kappa shape index (κ2) is 11.3. The van der Waals surface area contributed by atoms with Crippen molar-refractivity contribution >= 4 is 23.2 Å². The molecule has 0 bridgehead atoms. The maximum atomic E-state index is 8.80. The first-order valence-corrected chi connectivity index (χ1v) is 9.53. The third-order valence-electron chi connectivity index (χ3n) is 3.80. The van der Waals surface area contributed by atoms with Gasteiger partial charge in [-0.3, -0.25) is 0 Å². The summed E-state index contributed by atoms with van der Waals surface area (Å²) in [5.74, 6) is 1.40. The summed E-state index contributed by atoms with van der Waals surface area (Å²) in [5.41, 5.74) is 1.99. The first-order valence-electron chi connectivity index (χ1n) is 8.78. The molecule has 0 saturated carbocycles. The minimum Gasteiger partial charge on any atom is -0.490 e. The molecule has 2 aromatic carbocycles. The van der Waals surface area contributed by atoms with Gasteiger partial charge in [0.15, 0.2) is 11.5 Å². The number of ether oxygens (including phenoxy) is 2. The Bertz CT molecular complexity index is 695. The number of aliphatic hydroxyl groups excluding tert-OH is 1. The molecule has 26 heavy (non-hydrogen) atoms. The molecule has 0 aliphatic heterocycles. The van der Waals surface area contributed by atoms with Crippen LogP contribution in [0.4, 0.5) is 0 Å². The molecule has 0 saturated heterocycles. The Labute approximate surface area is 165 Å². The molecule has 0 atom stereocenters. The van der Waals surface area contributed by atoms with E-state index in [4.69, 9.17) is 37.8 Å². The minimum atomic E-state index is 0.236. The van der Waals surface area contributed by atoms with Gasteiger partial charge < -0.3 is 19.9 Å². The van der Waals surface area contributed by atoms with Crippen LogP contribution < -0.4 is 14.8 Å². The number of rotatable bonds is 11. The Kier molecular flexibility index (Phi) is 9.06. The quantitative estimate of drug-likeness (QED) is 0.532. The third-order valence-corrected chi connectivity index (χ3v) is 4.38. The summed E-state index contributed by atoms with van der Waals surface area (Å²) >= 11 is 12.1. The van der Waals surface area contributed by atoms with E-state index in [0.717, 1.165) is 37.1 Å². The van der Waals surface area contributed by atoms with E-state index in [2.05, 4.69) is 5.32 Å². The van der Waals surface area contributed by atoms with E-state index in [1.807, 2.05) is 31.2 Å². The summed E-state index contributed by atoms with van der Waals surface area (Å²) in [5, 5.41) is 13.3. The van der Waals surface area contributed by atoms with Gasteiger partial charge in [0, 0.05) is 28.8 Å². The predicted molar refractivity (Wildman–Crippen MR) is 106 cm³/mol. The molecule has 0 fully saturated rings. The van der Waals surface area contributed by atoms with Crippen LogP contribution in [0.15, 0.2) is 36.4 Å². The van der Waals surface area contributed by atoms with Crippen LogP contribution in [0.1, 0.15) is 30.9 Å². The molecule has 2 N–H and O–H groups in total. The molecule has 0 aliphatic carbocycles. The van der Waals surface area contributed by atoms with Crippen molar-refractivity contribution < 1.29 is 14.6 Å². The van der Waals surface area contributed by atoms with Crippen LogP contribution >= 0.6 is 23.2 Å². The van der Waals surface area contributed by atoms with Gasteiger partial charge in [0.2, 0.25) is 0 Å². The lowest BCUT2D eigenvalue weighted by Crippen LogP contribution is -2.15. The monoisotopic (exact) mass is 397 g/mol. The van der Waals surface area contributed by atoms with Crippen molar-refractivity contribution in [2.24, 2.45) is 0 Å². The molecule has 0 heterocycles. The van der Waals surface area contributed by atoms with Crippen LogP contribution in [0, 0.1) is 0 Å². The molecule has 2 aromatic rings. The second-order valence-corrected chi connectivity index (χ2v) is 6.69. The van der Waals surface area contributed by atoms with Crippen molar-refractivity contribution in [1.29, 1.82) is 0 Å². The molecular weight excluding hydrogens is 373 g/mol. The fourth-order valence-corrected chi connectivity index (χ4v) is 2.90. The summed E-state index contributed by atoms with van der Waals surface area (Å²) < 4.78 is 11.6. The van der Waals surface area contributed by atoms with Crippen LogP contribution in [0.25, 0.3) is 0 Å². The summed E-state index contributed by atoms with van der Waals surface area (Å²) in [6.45, 7) is 4.70. The van der Waals surface area contributed by atoms with E-state index in [0.29, 0.717) is 34.8 Å². The predicted octanol–water partition coefficient (Wildman–Crippen LogP) is 4.83. The van der Waals surface area contributed by atoms with Crippen LogP contribution in [0.5, 0.6) is 11.5 Å². The zero-order valence-electron chi connectivity index (χ0n) is 14.9. The molecule has 0 amide bonds. The van der Waals surface area contributed by atoms with E-state index in [1.54, 1.807) is 12.1 Å². The SMILES string of the molecule is CCOc1cc(CNCCCCO)ccc1OCc1ccc(Cl)cc1Cl. The van der Waals surface area contributed by atoms with Crippen molar-refractivity contribution in [2.75, 3.05) is 19.8 Å². The van der Waals surface area contributed by atoms with Crippen LogP contribution in [0.2, 0.25) is 10.0 Å². The van der Waals surface area contributed by atoms with Gasteiger partial charge in [-0.1, -0.05) is 35.3 Å². The van der Waals surface area contributed by atoms with Gasteiger partial charge in [-0.05, 0) is 56.1 Å². The van der Waals surface area contributed by atoms with E-state index >= 15 is 0 Å². The van der Waals surface area contributed by atoms with Gasteiger partial charge in [-0.2, -0.15) is 0 Å². The van der Waals surface area contributed by atoms with Gasteiger partial charge in [0.25, 0.3) is 0 Å². The molecule has 4 nitrogen and oxygen atoms in total. The molecule has 0 spiro atoms. The highest BCUT2D eigenvalue weighted by Crippen LogP contribution is 2.30. The standard InChI is InChI=1S/C20H25Cl2NO3/c1-2-25-20-11-15(13-23-9-3-4-10-24)5-8-19(20)26-14-16-6-7-17(21)12-18(16)22/h5-8,11-12,23-24H,2-4,9-10,13-14H2,1H3. The topological polar surface area (TPSA) is 50.7 Å². The number of unbranched alkanes of at least 4 members (excludes halogenated alkanes) is 1. The zero-order chi connectivity index (χ0) is 18.8. The Morgan fingerprint density at radius 2 is 1.85 bits per heavy atom. The number of nitrogens with one attached hydrogen (secondary N) is 1. The van der Waals surface area contributed by atoms with Gasteiger partial charge in [-0.15, -0.1) is 0 Å². The maximum Gasteiger partial charge on any atom is 0.161 e. The van der Waals surface area contributed by atoms with Crippen LogP contribution in [-0.2, 0) is 13.2 Å². The van der Waals surface area contributed by atoms with Gasteiger partial charge in [0.05, 0.1) is 6.61 Å². The zero-order valence-corrected chi connectivity index (χ0v) is 16.4. The molecule has 6 heteroatoms. The van der Waals surface area contributed by atoms with Gasteiger partial charge >= 0.3 is 0 Å². The summed E-state index contributed by atoms with van der Waals surface area (Å²) in [6.07, 6.45) is 1.77. The normalized spacial score (nSPS) is 10.8. The molecule has 0 unspecified atom stereocenters. The summed E-state index contributed by atoms with van der Waals surface area (Å²) in [6, 6.07) is 11.3. The van der Waals surface area contributed by atoms with Crippen molar-refractivity contribution in [3.05, 3.63) is 57.6 Å². The van der Waals surface area contributed by atoms with E-state index in [9.17, 15) is 0 Å². The first kappa shape index (κ1) is 20.8. The van der Waals surface area contributed by atoms with Crippen molar-refractivity contribution in [3.63, 3.8) is 0 Å². The molecular formula is C20H25Cl2NO3. The summed E-state index contributed by atoms with van der Waals surface area (Å²) in [7, 11) is 0. The smallest absolute Gasteiger partial charge is 0.161 e. The lowest BCUT2D eigenvalue weighted by Gasteiger charge is -2.14. The lowest BCUT2D eigenvalue weighted by molar-refractivity contribution is 0.269. The number of hydrogen-bond acceptors (Lipinski definition) is 4. The van der Waals surface area contributed by atoms with Crippen LogP contribution in [0.3, 0.4) is 0 Å². The van der Waals surface area contributed by atoms with E-state index in [-0.39, 0.29) is 6.61 Å². The molecule has 0 radical (unpaired) electrons. The highest BCUT2D eigenvalue weighted by molar-refractivity contribution is 6.35. The minimum absolute atomic E-state index is 0.236. The van der Waals surface area contributed by atoms with E-state index < -0.39 is 0 Å². The van der Waals surface area contributed by atoms with Crippen molar-refractivity contribution in [3.8, 4) is 11.5 Å². The Balaban J connectivity index is 1.98. The third kappa shape index (κ3) is 6.69. The molecule has 0 aromatic heterocycles. The Morgan fingerprint density at radius 1 is 1.00 bits per heavy atom. The maximum absolute atomic E-state index is 8.80. The van der Waals surface area contributed by atoms with Crippen molar-refractivity contribution in [2.45, 2.75) is 32.9 Å². The first-order chi connectivity index (χ1) is 12.6. The molecule has 2 rings (SSSR count). The number of aliphatic hydroxyl groups is 1. The summed E-state index contributed by atoms with van der Waals surface area (Å²) in [4.78, 5) is 0. The Morgan fingerprint density at radius 3 is 2.58 bits per heavy atom. The molecule has 142 valence electrons. The average molecular weight is 398 g/mol. The molecule has 0 aliphatic rings. The Hall–Kier alpha value is -1.46. The fourth-order valence-electron chi connectivity index (χ4n) is 2.44. The highest BCUT2D eigenvalue weighted by atomic mass is 35.5. The van der Waals surface area contributed by atoms with Crippen molar-refractivity contribution in [1.82, 2.24) is 5.32 Å². The highest BCUT2D eigenvalue weighted by Gasteiger charge is 2.09. The van der Waals surface area contributed by atoms with Crippen LogP contribution in [-0.4, -0.2) is 24.9 Å². The largest absolute Gasteiger partial charge is 0.490 e. The average Bonchev–Trinajstić information content (AvgIpc) is 2.62. The van der Waals surface area contributed by atoms with Gasteiger partial charge in [-0.25, -0.2) is 0 Å². The van der Waals surface area contributed by atoms with E-state index in [1.165, 1.54) is 0 Å². The fraction of sp³-hybridized carbons (Fsp3) is 0.400. The number of benzene rings is 2. The second-order valence-electron chi connectivity index (χ2n) is 5.85. The van der Waals surface area contributed by atoms with Gasteiger partial charge in [0.1, 0.15) is 6.61 Å². The number of hydrogen-bond donors (Lipinski definition) is 2. The number of halogens is 2. The lowest BCUT2D eigenvalue weighted by atomic mass is 10.2.